The van der Waals surface area contributed by atoms with E-state index in [1.54, 1.807) is 6.20 Å². The molecule has 25 heavy (non-hydrogen) atoms. The van der Waals surface area contributed by atoms with Gasteiger partial charge in [0.25, 0.3) is 0 Å². The Kier molecular flexibility index (Phi) is 4.93. The molecule has 0 aliphatic carbocycles. The van der Waals surface area contributed by atoms with Crippen LogP contribution in [-0.4, -0.2) is 28.5 Å². The van der Waals surface area contributed by atoms with Crippen LogP contribution in [0.15, 0.2) is 24.4 Å². The highest BCUT2D eigenvalue weighted by Gasteiger charge is 2.11. The van der Waals surface area contributed by atoms with Crippen molar-refractivity contribution in [1.29, 1.82) is 0 Å². The molecule has 0 atom stereocenters. The molecule has 0 fully saturated rings. The topological polar surface area (TPSA) is 56.8 Å². The van der Waals surface area contributed by atoms with Gasteiger partial charge in [0.1, 0.15) is 5.82 Å². The standard InChI is InChI=1S/C20H27N5/c1-6-17-14(4)16-11-13(3)10-15(19(16)23-17)12-22-20-21-9-8-18(24-20)25(5)7-2/h8-11,23H,6-7,12H2,1-5H3,(H,21,22,24). The summed E-state index contributed by atoms with van der Waals surface area (Å²) < 4.78 is 0. The molecule has 2 aromatic heterocycles. The zero-order chi connectivity index (χ0) is 18.0. The zero-order valence-electron chi connectivity index (χ0n) is 15.8. The molecular weight excluding hydrogens is 310 g/mol. The van der Waals surface area contributed by atoms with Crippen molar-refractivity contribution < 1.29 is 0 Å². The first kappa shape index (κ1) is 17.3. The van der Waals surface area contributed by atoms with Gasteiger partial charge in [-0.25, -0.2) is 4.98 Å². The molecule has 3 aromatic rings. The Morgan fingerprint density at radius 2 is 2.00 bits per heavy atom. The molecule has 2 N–H and O–H groups in total. The normalized spacial score (nSPS) is 11.1. The SMILES string of the molecule is CCc1[nH]c2c(CNc3nccc(N(C)CC)n3)cc(C)cc2c1C. The second kappa shape index (κ2) is 7.13. The third-order valence-corrected chi connectivity index (χ3v) is 4.79. The van der Waals surface area contributed by atoms with E-state index in [1.165, 1.54) is 33.3 Å². The number of aromatic nitrogens is 3. The zero-order valence-corrected chi connectivity index (χ0v) is 15.8. The van der Waals surface area contributed by atoms with Crippen LogP contribution in [0.25, 0.3) is 10.9 Å². The van der Waals surface area contributed by atoms with Crippen LogP contribution < -0.4 is 10.2 Å². The summed E-state index contributed by atoms with van der Waals surface area (Å²) in [6.07, 6.45) is 2.82. The lowest BCUT2D eigenvalue weighted by Crippen LogP contribution is -2.18. The summed E-state index contributed by atoms with van der Waals surface area (Å²) >= 11 is 0. The van der Waals surface area contributed by atoms with Crippen LogP contribution in [0.4, 0.5) is 11.8 Å². The fourth-order valence-corrected chi connectivity index (χ4v) is 3.19. The number of hydrogen-bond acceptors (Lipinski definition) is 4. The number of rotatable bonds is 6. The number of nitrogens with one attached hydrogen (secondary N) is 2. The second-order valence-corrected chi connectivity index (χ2v) is 6.53. The van der Waals surface area contributed by atoms with Crippen LogP contribution in [-0.2, 0) is 13.0 Å². The smallest absolute Gasteiger partial charge is 0.224 e. The number of fused-ring (bicyclic) bond motifs is 1. The number of H-pyrrole nitrogens is 1. The Bertz CT molecular complexity index is 881. The molecule has 0 bridgehead atoms. The Morgan fingerprint density at radius 3 is 2.72 bits per heavy atom. The number of nitrogens with zero attached hydrogens (tertiary/aromatic N) is 3. The highest BCUT2D eigenvalue weighted by atomic mass is 15.2. The van der Waals surface area contributed by atoms with Crippen LogP contribution in [0.1, 0.15) is 36.2 Å². The average molecular weight is 337 g/mol. The highest BCUT2D eigenvalue weighted by molar-refractivity contribution is 5.88. The summed E-state index contributed by atoms with van der Waals surface area (Å²) in [6.45, 7) is 10.2. The van der Waals surface area contributed by atoms with Gasteiger partial charge in [-0.3, -0.25) is 0 Å². The number of anilines is 2. The highest BCUT2D eigenvalue weighted by Crippen LogP contribution is 2.27. The lowest BCUT2D eigenvalue weighted by molar-refractivity contribution is 0.924. The lowest BCUT2D eigenvalue weighted by Gasteiger charge is -2.16. The van der Waals surface area contributed by atoms with E-state index in [1.807, 2.05) is 13.1 Å². The monoisotopic (exact) mass is 337 g/mol. The first-order valence-electron chi connectivity index (χ1n) is 8.92. The van der Waals surface area contributed by atoms with Gasteiger partial charge in [-0.1, -0.05) is 18.6 Å². The van der Waals surface area contributed by atoms with E-state index in [0.717, 1.165) is 18.8 Å². The molecule has 5 nitrogen and oxygen atoms in total. The average Bonchev–Trinajstić information content (AvgIpc) is 2.95. The van der Waals surface area contributed by atoms with Crippen molar-refractivity contribution in [2.24, 2.45) is 0 Å². The maximum atomic E-state index is 4.59. The van der Waals surface area contributed by atoms with Crippen molar-refractivity contribution in [1.82, 2.24) is 15.0 Å². The molecule has 0 spiro atoms. The Labute approximate surface area is 149 Å². The maximum Gasteiger partial charge on any atom is 0.224 e. The minimum Gasteiger partial charge on any atom is -0.360 e. The van der Waals surface area contributed by atoms with E-state index in [9.17, 15) is 0 Å². The van der Waals surface area contributed by atoms with Crippen molar-refractivity contribution in [3.8, 4) is 0 Å². The number of hydrogen-bond donors (Lipinski definition) is 2. The molecule has 0 aliphatic rings. The van der Waals surface area contributed by atoms with Crippen LogP contribution >= 0.6 is 0 Å². The number of benzene rings is 1. The van der Waals surface area contributed by atoms with Crippen molar-refractivity contribution in [2.75, 3.05) is 23.8 Å². The summed E-state index contributed by atoms with van der Waals surface area (Å²) in [5.41, 5.74) is 6.40. The van der Waals surface area contributed by atoms with E-state index >= 15 is 0 Å². The second-order valence-electron chi connectivity index (χ2n) is 6.53. The van der Waals surface area contributed by atoms with Gasteiger partial charge in [-0.05, 0) is 50.5 Å². The van der Waals surface area contributed by atoms with E-state index in [4.69, 9.17) is 0 Å². The van der Waals surface area contributed by atoms with Gasteiger partial charge in [0, 0.05) is 37.4 Å². The Balaban J connectivity index is 1.89. The molecule has 0 radical (unpaired) electrons. The molecule has 132 valence electrons. The van der Waals surface area contributed by atoms with Gasteiger partial charge < -0.3 is 15.2 Å². The van der Waals surface area contributed by atoms with Gasteiger partial charge in [-0.15, -0.1) is 0 Å². The summed E-state index contributed by atoms with van der Waals surface area (Å²) in [4.78, 5) is 14.6. The Hall–Kier alpha value is -2.56. The first-order valence-corrected chi connectivity index (χ1v) is 8.92. The molecule has 2 heterocycles. The largest absolute Gasteiger partial charge is 0.360 e. The van der Waals surface area contributed by atoms with Crippen LogP contribution in [0.2, 0.25) is 0 Å². The molecule has 0 unspecified atom stereocenters. The minimum absolute atomic E-state index is 0.659. The van der Waals surface area contributed by atoms with Gasteiger partial charge >= 0.3 is 0 Å². The van der Waals surface area contributed by atoms with Gasteiger partial charge in [0.2, 0.25) is 5.95 Å². The lowest BCUT2D eigenvalue weighted by atomic mass is 10.0. The number of aryl methyl sites for hydroxylation is 3. The minimum atomic E-state index is 0.659. The van der Waals surface area contributed by atoms with E-state index in [0.29, 0.717) is 12.5 Å². The third-order valence-electron chi connectivity index (χ3n) is 4.79. The summed E-state index contributed by atoms with van der Waals surface area (Å²) in [5.74, 6) is 1.59. The van der Waals surface area contributed by atoms with E-state index in [2.05, 4.69) is 65.0 Å². The van der Waals surface area contributed by atoms with Crippen molar-refractivity contribution >= 4 is 22.7 Å². The van der Waals surface area contributed by atoms with Crippen molar-refractivity contribution in [3.63, 3.8) is 0 Å². The predicted molar refractivity (Wildman–Crippen MR) is 105 cm³/mol. The molecule has 0 saturated carbocycles. The van der Waals surface area contributed by atoms with E-state index < -0.39 is 0 Å². The molecule has 1 aromatic carbocycles. The maximum absolute atomic E-state index is 4.59. The summed E-state index contributed by atoms with van der Waals surface area (Å²) in [7, 11) is 2.03. The molecule has 0 aliphatic heterocycles. The van der Waals surface area contributed by atoms with Crippen molar-refractivity contribution in [2.45, 2.75) is 40.7 Å². The fraction of sp³-hybridized carbons (Fsp3) is 0.400. The molecular formula is C20H27N5. The predicted octanol–water partition coefficient (Wildman–Crippen LogP) is 4.21. The molecule has 0 amide bonds. The quantitative estimate of drug-likeness (QED) is 0.707. The van der Waals surface area contributed by atoms with Gasteiger partial charge in [0.05, 0.1) is 5.52 Å². The molecule has 3 rings (SSSR count). The first-order chi connectivity index (χ1) is 12.0. The number of aromatic amines is 1. The van der Waals surface area contributed by atoms with Crippen LogP contribution in [0.5, 0.6) is 0 Å². The van der Waals surface area contributed by atoms with Crippen LogP contribution in [0, 0.1) is 13.8 Å². The van der Waals surface area contributed by atoms with Crippen molar-refractivity contribution in [3.05, 3.63) is 46.8 Å². The fourth-order valence-electron chi connectivity index (χ4n) is 3.19. The van der Waals surface area contributed by atoms with E-state index in [-0.39, 0.29) is 0 Å². The summed E-state index contributed by atoms with van der Waals surface area (Å²) in [5, 5.41) is 4.69. The van der Waals surface area contributed by atoms with Gasteiger partial charge in [-0.2, -0.15) is 4.98 Å². The molecule has 0 saturated heterocycles. The summed E-state index contributed by atoms with van der Waals surface area (Å²) in [6, 6.07) is 6.42. The molecule has 5 heteroatoms. The van der Waals surface area contributed by atoms with Crippen LogP contribution in [0.3, 0.4) is 0 Å². The Morgan fingerprint density at radius 1 is 1.20 bits per heavy atom. The van der Waals surface area contributed by atoms with Gasteiger partial charge in [0.15, 0.2) is 0 Å². The third kappa shape index (κ3) is 3.45.